The Morgan fingerprint density at radius 1 is 1.29 bits per heavy atom. The Labute approximate surface area is 101 Å². The van der Waals surface area contributed by atoms with Gasteiger partial charge in [0.15, 0.2) is 0 Å². The molecule has 1 aliphatic rings. The first-order valence-corrected chi connectivity index (χ1v) is 6.13. The third kappa shape index (κ3) is 3.61. The first-order valence-electron chi connectivity index (χ1n) is 6.13. The quantitative estimate of drug-likeness (QED) is 0.354. The lowest BCUT2D eigenvalue weighted by atomic mass is 10.1. The van der Waals surface area contributed by atoms with Gasteiger partial charge in [-0.15, -0.1) is 0 Å². The zero-order valence-corrected chi connectivity index (χ0v) is 10.2. The highest BCUT2D eigenvalue weighted by Crippen LogP contribution is 2.28. The van der Waals surface area contributed by atoms with Gasteiger partial charge in [-0.05, 0) is 13.0 Å². The van der Waals surface area contributed by atoms with E-state index in [4.69, 9.17) is 9.84 Å². The number of hydrogen-bond acceptors (Lipinski definition) is 6. The van der Waals surface area contributed by atoms with E-state index >= 15 is 0 Å². The molecule has 0 unspecified atom stereocenters. The van der Waals surface area contributed by atoms with Crippen molar-refractivity contribution in [3.05, 3.63) is 0 Å². The number of hydrogen-bond donors (Lipinski definition) is 5. The average molecular weight is 249 g/mol. The maximum absolute atomic E-state index is 9.64. The monoisotopic (exact) mass is 249 g/mol. The fraction of sp³-hybridized carbons (Fsp3) is 1.00. The Morgan fingerprint density at radius 2 is 2.00 bits per heavy atom. The Kier molecular flexibility index (Phi) is 5.78. The largest absolute Gasteiger partial charge is 0.391 e. The van der Waals surface area contributed by atoms with E-state index in [1.807, 2.05) is 0 Å². The van der Waals surface area contributed by atoms with Crippen molar-refractivity contribution < 1.29 is 25.2 Å². The van der Waals surface area contributed by atoms with Gasteiger partial charge in [0.1, 0.15) is 18.3 Å². The van der Waals surface area contributed by atoms with E-state index < -0.39 is 30.7 Å². The normalized spacial score (nSPS) is 37.6. The minimum absolute atomic E-state index is 0.338. The predicted octanol–water partition coefficient (Wildman–Crippen LogP) is -1.43. The summed E-state index contributed by atoms with van der Waals surface area (Å²) >= 11 is 0. The molecule has 0 aromatic rings. The number of nitrogens with one attached hydrogen (secondary N) is 1. The molecule has 5 N–H and O–H groups in total. The number of aliphatic hydroxyl groups is 4. The molecule has 1 aliphatic heterocycles. The molecule has 4 atom stereocenters. The zero-order valence-electron chi connectivity index (χ0n) is 10.2. The van der Waals surface area contributed by atoms with Crippen LogP contribution in [-0.4, -0.2) is 64.2 Å². The molecular weight excluding hydrogens is 226 g/mol. The molecule has 0 aliphatic carbocycles. The van der Waals surface area contributed by atoms with Gasteiger partial charge >= 0.3 is 0 Å². The van der Waals surface area contributed by atoms with Crippen LogP contribution >= 0.6 is 0 Å². The highest BCUT2D eigenvalue weighted by Gasteiger charge is 2.52. The van der Waals surface area contributed by atoms with Crippen LogP contribution in [0, 0.1) is 0 Å². The summed E-state index contributed by atoms with van der Waals surface area (Å²) in [5.41, 5.74) is 0. The van der Waals surface area contributed by atoms with E-state index in [9.17, 15) is 15.3 Å². The number of ether oxygens (including phenoxy) is 1. The summed E-state index contributed by atoms with van der Waals surface area (Å²) in [7, 11) is 0. The van der Waals surface area contributed by atoms with Gasteiger partial charge in [0.05, 0.1) is 6.61 Å². The third-order valence-electron chi connectivity index (χ3n) is 3.05. The van der Waals surface area contributed by atoms with E-state index in [-0.39, 0.29) is 0 Å². The van der Waals surface area contributed by atoms with E-state index in [1.165, 1.54) is 0 Å². The lowest BCUT2D eigenvalue weighted by Crippen LogP contribution is -2.46. The van der Waals surface area contributed by atoms with Crippen molar-refractivity contribution in [2.24, 2.45) is 0 Å². The van der Waals surface area contributed by atoms with Crippen molar-refractivity contribution in [1.29, 1.82) is 0 Å². The molecule has 6 nitrogen and oxygen atoms in total. The van der Waals surface area contributed by atoms with Crippen LogP contribution in [0.5, 0.6) is 0 Å². The maximum atomic E-state index is 9.64. The van der Waals surface area contributed by atoms with Gasteiger partial charge in [0.2, 0.25) is 5.79 Å². The molecule has 0 radical (unpaired) electrons. The summed E-state index contributed by atoms with van der Waals surface area (Å²) in [5.74, 6) is -2.05. The third-order valence-corrected chi connectivity index (χ3v) is 3.05. The summed E-state index contributed by atoms with van der Waals surface area (Å²) in [5, 5.41) is 40.8. The van der Waals surface area contributed by atoms with E-state index in [0.717, 1.165) is 25.8 Å². The molecule has 0 amide bonds. The number of unbranched alkanes of at least 4 members (excludes halogenated alkanes) is 2. The molecule has 1 saturated heterocycles. The van der Waals surface area contributed by atoms with Gasteiger partial charge < -0.3 is 30.5 Å². The first-order chi connectivity index (χ1) is 8.05. The molecule has 0 bridgehead atoms. The number of rotatable bonds is 7. The van der Waals surface area contributed by atoms with Crippen molar-refractivity contribution in [2.45, 2.75) is 50.3 Å². The SMILES string of the molecule is CCCCCNC[C@H]1O[C@@](O)(CO)[C@H](O)[C@H]1O. The lowest BCUT2D eigenvalue weighted by molar-refractivity contribution is -0.245. The van der Waals surface area contributed by atoms with Crippen LogP contribution in [0.3, 0.4) is 0 Å². The van der Waals surface area contributed by atoms with Crippen LogP contribution in [0.25, 0.3) is 0 Å². The highest BCUT2D eigenvalue weighted by molar-refractivity contribution is 4.95. The van der Waals surface area contributed by atoms with Gasteiger partial charge in [0.25, 0.3) is 0 Å². The maximum Gasteiger partial charge on any atom is 0.219 e. The van der Waals surface area contributed by atoms with Crippen molar-refractivity contribution in [1.82, 2.24) is 5.32 Å². The van der Waals surface area contributed by atoms with Gasteiger partial charge in [-0.3, -0.25) is 0 Å². The van der Waals surface area contributed by atoms with Crippen LogP contribution in [-0.2, 0) is 4.74 Å². The molecule has 0 aromatic heterocycles. The second-order valence-electron chi connectivity index (χ2n) is 4.51. The first kappa shape index (κ1) is 14.8. The molecule has 1 rings (SSSR count). The molecule has 1 heterocycles. The fourth-order valence-corrected chi connectivity index (χ4v) is 1.91. The standard InChI is InChI=1S/C11H23NO5/c1-2-3-4-5-12-6-8-9(14)10(15)11(16,7-13)17-8/h8-10,12-16H,2-7H2,1H3/t8-,9+,10-,11+/m1/s1. The summed E-state index contributed by atoms with van der Waals surface area (Å²) in [6.45, 7) is 2.51. The zero-order chi connectivity index (χ0) is 12.9. The van der Waals surface area contributed by atoms with Gasteiger partial charge in [-0.2, -0.15) is 0 Å². The van der Waals surface area contributed by atoms with Crippen LogP contribution in [0.1, 0.15) is 26.2 Å². The molecule has 0 saturated carbocycles. The van der Waals surface area contributed by atoms with Crippen molar-refractivity contribution in [3.63, 3.8) is 0 Å². The highest BCUT2D eigenvalue weighted by atomic mass is 16.7. The molecule has 17 heavy (non-hydrogen) atoms. The molecule has 102 valence electrons. The molecule has 6 heteroatoms. The molecule has 0 spiro atoms. The van der Waals surface area contributed by atoms with Crippen LogP contribution < -0.4 is 5.32 Å². The summed E-state index contributed by atoms with van der Waals surface area (Å²) in [6.07, 6.45) is -0.0755. The topological polar surface area (TPSA) is 102 Å². The van der Waals surface area contributed by atoms with E-state index in [1.54, 1.807) is 0 Å². The fourth-order valence-electron chi connectivity index (χ4n) is 1.91. The summed E-state index contributed by atoms with van der Waals surface area (Å²) in [4.78, 5) is 0. The lowest BCUT2D eigenvalue weighted by Gasteiger charge is -2.22. The van der Waals surface area contributed by atoms with Gasteiger partial charge in [-0.1, -0.05) is 19.8 Å². The van der Waals surface area contributed by atoms with Crippen molar-refractivity contribution in [3.8, 4) is 0 Å². The molecular formula is C11H23NO5. The van der Waals surface area contributed by atoms with Crippen LogP contribution in [0.4, 0.5) is 0 Å². The molecule has 0 aromatic carbocycles. The second kappa shape index (κ2) is 6.63. The second-order valence-corrected chi connectivity index (χ2v) is 4.51. The molecule has 1 fully saturated rings. The van der Waals surface area contributed by atoms with Crippen LogP contribution in [0.15, 0.2) is 0 Å². The van der Waals surface area contributed by atoms with Crippen molar-refractivity contribution >= 4 is 0 Å². The summed E-state index contributed by atoms with van der Waals surface area (Å²) in [6, 6.07) is 0. The smallest absolute Gasteiger partial charge is 0.219 e. The van der Waals surface area contributed by atoms with Gasteiger partial charge in [0, 0.05) is 6.54 Å². The van der Waals surface area contributed by atoms with Gasteiger partial charge in [-0.25, -0.2) is 0 Å². The Bertz CT molecular complexity index is 228. The minimum Gasteiger partial charge on any atom is -0.391 e. The summed E-state index contributed by atoms with van der Waals surface area (Å²) < 4.78 is 5.07. The predicted molar refractivity (Wildman–Crippen MR) is 61.3 cm³/mol. The number of aliphatic hydroxyl groups excluding tert-OH is 3. The van der Waals surface area contributed by atoms with E-state index in [2.05, 4.69) is 12.2 Å². The van der Waals surface area contributed by atoms with Crippen LogP contribution in [0.2, 0.25) is 0 Å². The van der Waals surface area contributed by atoms with E-state index in [0.29, 0.717) is 6.54 Å². The Hall–Kier alpha value is -0.240. The minimum atomic E-state index is -2.05. The Morgan fingerprint density at radius 3 is 2.53 bits per heavy atom. The average Bonchev–Trinajstić information content (AvgIpc) is 2.55. The van der Waals surface area contributed by atoms with Crippen molar-refractivity contribution in [2.75, 3.05) is 19.7 Å². The Balaban J connectivity index is 2.30.